The first-order valence-electron chi connectivity index (χ1n) is 6.98. The number of halogens is 1. The van der Waals surface area contributed by atoms with Crippen LogP contribution < -0.4 is 16.0 Å². The fraction of sp³-hybridized carbons (Fsp3) is 0.571. The summed E-state index contributed by atoms with van der Waals surface area (Å²) < 4.78 is 4.83. The number of furan rings is 1. The lowest BCUT2D eigenvalue weighted by atomic mass is 10.1. The highest BCUT2D eigenvalue weighted by atomic mass is 35.5. The highest BCUT2D eigenvalue weighted by molar-refractivity contribution is 5.97. The lowest BCUT2D eigenvalue weighted by Crippen LogP contribution is -2.45. The van der Waals surface area contributed by atoms with Crippen molar-refractivity contribution in [3.63, 3.8) is 0 Å². The highest BCUT2D eigenvalue weighted by Crippen LogP contribution is 2.10. The Labute approximate surface area is 130 Å². The molecule has 2 atom stereocenters. The van der Waals surface area contributed by atoms with Crippen LogP contribution >= 0.6 is 12.4 Å². The van der Waals surface area contributed by atoms with E-state index in [1.54, 1.807) is 13.0 Å². The average molecular weight is 316 g/mol. The molecule has 1 aliphatic rings. The summed E-state index contributed by atoms with van der Waals surface area (Å²) in [4.78, 5) is 23.6. The van der Waals surface area contributed by atoms with Crippen molar-refractivity contribution in [3.8, 4) is 0 Å². The first kappa shape index (κ1) is 17.5. The van der Waals surface area contributed by atoms with E-state index in [0.29, 0.717) is 18.0 Å². The second kappa shape index (κ2) is 8.69. The minimum absolute atomic E-state index is 0. The van der Waals surface area contributed by atoms with Gasteiger partial charge >= 0.3 is 0 Å². The zero-order chi connectivity index (χ0) is 14.4. The lowest BCUT2D eigenvalue weighted by Gasteiger charge is -2.14. The molecule has 118 valence electrons. The van der Waals surface area contributed by atoms with Gasteiger partial charge in [-0.1, -0.05) is 0 Å². The quantitative estimate of drug-likeness (QED) is 0.729. The molecule has 1 aromatic rings. The van der Waals surface area contributed by atoms with Crippen molar-refractivity contribution in [2.24, 2.45) is 5.92 Å². The lowest BCUT2D eigenvalue weighted by molar-refractivity contribution is -0.122. The van der Waals surface area contributed by atoms with E-state index in [-0.39, 0.29) is 24.2 Å². The van der Waals surface area contributed by atoms with E-state index >= 15 is 0 Å². The third-order valence-electron chi connectivity index (χ3n) is 3.54. The molecule has 0 saturated carbocycles. The second-order valence-electron chi connectivity index (χ2n) is 5.15. The monoisotopic (exact) mass is 315 g/mol. The van der Waals surface area contributed by atoms with Crippen LogP contribution in [-0.2, 0) is 4.79 Å². The van der Waals surface area contributed by atoms with Gasteiger partial charge in [-0.05, 0) is 44.8 Å². The molecule has 0 aromatic carbocycles. The molecule has 2 unspecified atom stereocenters. The fourth-order valence-electron chi connectivity index (χ4n) is 2.25. The number of carbonyl (C=O) groups is 2. The summed E-state index contributed by atoms with van der Waals surface area (Å²) in [5, 5.41) is 8.79. The summed E-state index contributed by atoms with van der Waals surface area (Å²) in [6.45, 7) is 4.42. The van der Waals surface area contributed by atoms with Gasteiger partial charge in [0.15, 0.2) is 0 Å². The third-order valence-corrected chi connectivity index (χ3v) is 3.54. The molecule has 7 heteroatoms. The first-order chi connectivity index (χ1) is 9.66. The van der Waals surface area contributed by atoms with Crippen molar-refractivity contribution >= 4 is 24.2 Å². The summed E-state index contributed by atoms with van der Waals surface area (Å²) in [6, 6.07) is 1.01. The van der Waals surface area contributed by atoms with E-state index < -0.39 is 6.04 Å². The van der Waals surface area contributed by atoms with Crippen LogP contribution in [0, 0.1) is 5.92 Å². The van der Waals surface area contributed by atoms with Gasteiger partial charge in [0.1, 0.15) is 12.3 Å². The van der Waals surface area contributed by atoms with Gasteiger partial charge in [-0.25, -0.2) is 0 Å². The molecule has 1 aliphatic heterocycles. The van der Waals surface area contributed by atoms with Crippen molar-refractivity contribution in [1.29, 1.82) is 0 Å². The van der Waals surface area contributed by atoms with Crippen molar-refractivity contribution in [2.75, 3.05) is 19.6 Å². The molecule has 2 amide bonds. The summed E-state index contributed by atoms with van der Waals surface area (Å²) in [5.41, 5.74) is 0.418. The Morgan fingerprint density at radius 2 is 2.33 bits per heavy atom. The van der Waals surface area contributed by atoms with E-state index in [1.807, 2.05) is 0 Å². The van der Waals surface area contributed by atoms with Crippen LogP contribution in [-0.4, -0.2) is 37.5 Å². The van der Waals surface area contributed by atoms with Gasteiger partial charge in [0.05, 0.1) is 11.8 Å². The van der Waals surface area contributed by atoms with Gasteiger partial charge in [-0.3, -0.25) is 9.59 Å². The summed E-state index contributed by atoms with van der Waals surface area (Å²) in [5.74, 6) is 0.181. The number of amides is 2. The predicted molar refractivity (Wildman–Crippen MR) is 81.5 cm³/mol. The third kappa shape index (κ3) is 5.40. The van der Waals surface area contributed by atoms with Crippen molar-refractivity contribution in [3.05, 3.63) is 24.2 Å². The molecular weight excluding hydrogens is 294 g/mol. The molecule has 0 aliphatic carbocycles. The minimum atomic E-state index is -0.556. The Morgan fingerprint density at radius 1 is 1.52 bits per heavy atom. The molecule has 2 heterocycles. The van der Waals surface area contributed by atoms with Crippen molar-refractivity contribution in [2.45, 2.75) is 25.8 Å². The van der Waals surface area contributed by atoms with Crippen LogP contribution in [0.15, 0.2) is 23.0 Å². The Morgan fingerprint density at radius 3 is 2.95 bits per heavy atom. The Bertz CT molecular complexity index is 444. The van der Waals surface area contributed by atoms with Gasteiger partial charge < -0.3 is 20.4 Å². The molecule has 3 N–H and O–H groups in total. The molecule has 0 radical (unpaired) electrons. The highest BCUT2D eigenvalue weighted by Gasteiger charge is 2.18. The molecular formula is C14H22ClN3O3. The van der Waals surface area contributed by atoms with Crippen molar-refractivity contribution in [1.82, 2.24) is 16.0 Å². The molecule has 1 aromatic heterocycles. The topological polar surface area (TPSA) is 83.4 Å². The van der Waals surface area contributed by atoms with Gasteiger partial charge in [-0.15, -0.1) is 12.4 Å². The van der Waals surface area contributed by atoms with Crippen LogP contribution in [0.25, 0.3) is 0 Å². The molecule has 1 saturated heterocycles. The number of rotatable bonds is 6. The Kier molecular flexibility index (Phi) is 7.25. The average Bonchev–Trinajstić information content (AvgIpc) is 3.11. The molecule has 0 spiro atoms. The summed E-state index contributed by atoms with van der Waals surface area (Å²) >= 11 is 0. The van der Waals surface area contributed by atoms with Gasteiger partial charge in [0.25, 0.3) is 5.91 Å². The largest absolute Gasteiger partial charge is 0.472 e. The van der Waals surface area contributed by atoms with Crippen LogP contribution in [0.5, 0.6) is 0 Å². The van der Waals surface area contributed by atoms with Crippen LogP contribution in [0.2, 0.25) is 0 Å². The van der Waals surface area contributed by atoms with Gasteiger partial charge in [-0.2, -0.15) is 0 Å². The number of hydrogen-bond acceptors (Lipinski definition) is 4. The summed E-state index contributed by atoms with van der Waals surface area (Å²) in [6.07, 6.45) is 4.92. The fourth-order valence-corrected chi connectivity index (χ4v) is 2.25. The van der Waals surface area contributed by atoms with Gasteiger partial charge in [0, 0.05) is 6.54 Å². The number of carbonyl (C=O) groups excluding carboxylic acids is 2. The number of hydrogen-bond donors (Lipinski definition) is 3. The smallest absolute Gasteiger partial charge is 0.255 e. The zero-order valence-electron chi connectivity index (χ0n) is 12.1. The van der Waals surface area contributed by atoms with E-state index in [9.17, 15) is 9.59 Å². The zero-order valence-corrected chi connectivity index (χ0v) is 12.9. The van der Waals surface area contributed by atoms with Crippen LogP contribution in [0.3, 0.4) is 0 Å². The Hall–Kier alpha value is -1.53. The SMILES string of the molecule is CC(NC(=O)c1ccoc1)C(=O)NCCC1CCNC1.Cl. The predicted octanol–water partition coefficient (Wildman–Crippen LogP) is 0.935. The summed E-state index contributed by atoms with van der Waals surface area (Å²) in [7, 11) is 0. The maximum Gasteiger partial charge on any atom is 0.255 e. The van der Waals surface area contributed by atoms with E-state index in [1.165, 1.54) is 18.9 Å². The molecule has 1 fully saturated rings. The Balaban J connectivity index is 0.00000220. The minimum Gasteiger partial charge on any atom is -0.472 e. The second-order valence-corrected chi connectivity index (χ2v) is 5.15. The van der Waals surface area contributed by atoms with E-state index in [0.717, 1.165) is 19.5 Å². The first-order valence-corrected chi connectivity index (χ1v) is 6.98. The van der Waals surface area contributed by atoms with Crippen LogP contribution in [0.1, 0.15) is 30.1 Å². The maximum absolute atomic E-state index is 11.9. The molecule has 21 heavy (non-hydrogen) atoms. The number of nitrogens with one attached hydrogen (secondary N) is 3. The van der Waals surface area contributed by atoms with E-state index in [2.05, 4.69) is 16.0 Å². The van der Waals surface area contributed by atoms with E-state index in [4.69, 9.17) is 4.42 Å². The normalized spacial score (nSPS) is 18.6. The molecule has 0 bridgehead atoms. The molecule has 2 rings (SSSR count). The molecule has 6 nitrogen and oxygen atoms in total. The van der Waals surface area contributed by atoms with Crippen LogP contribution in [0.4, 0.5) is 0 Å². The maximum atomic E-state index is 11.9. The standard InChI is InChI=1S/C14H21N3O3.ClH/c1-10(17-14(19)12-4-7-20-9-12)13(18)16-6-3-11-2-5-15-8-11;/h4,7,9-11,15H,2-3,5-6,8H2,1H3,(H,16,18)(H,17,19);1H. The van der Waals surface area contributed by atoms with Crippen molar-refractivity contribution < 1.29 is 14.0 Å². The van der Waals surface area contributed by atoms with Gasteiger partial charge in [0.2, 0.25) is 5.91 Å².